The lowest BCUT2D eigenvalue weighted by Gasteiger charge is -2.18. The Labute approximate surface area is 118 Å². The molecule has 0 radical (unpaired) electrons. The van der Waals surface area contributed by atoms with Gasteiger partial charge in [-0.2, -0.15) is 0 Å². The molecule has 20 heavy (non-hydrogen) atoms. The Morgan fingerprint density at radius 2 is 1.55 bits per heavy atom. The first-order valence-corrected chi connectivity index (χ1v) is 6.55. The van der Waals surface area contributed by atoms with Gasteiger partial charge in [0, 0.05) is 18.7 Å². The van der Waals surface area contributed by atoms with Gasteiger partial charge in [0.1, 0.15) is 11.5 Å². The third kappa shape index (κ3) is 3.73. The lowest BCUT2D eigenvalue weighted by Crippen LogP contribution is -2.24. The topological polar surface area (TPSA) is 72.7 Å². The molecule has 2 rings (SSSR count). The third-order valence-electron chi connectivity index (χ3n) is 3.23. The Balaban J connectivity index is 1.96. The Bertz CT molecular complexity index is 537. The number of aromatic hydroxyl groups is 2. The van der Waals surface area contributed by atoms with E-state index in [9.17, 15) is 15.3 Å². The molecule has 2 unspecified atom stereocenters. The van der Waals surface area contributed by atoms with E-state index in [1.165, 1.54) is 6.07 Å². The number of hydrogen-bond acceptors (Lipinski definition) is 4. The molecule has 0 fully saturated rings. The maximum Gasteiger partial charge on any atom is 0.119 e. The van der Waals surface area contributed by atoms with Crippen molar-refractivity contribution in [2.24, 2.45) is 0 Å². The summed E-state index contributed by atoms with van der Waals surface area (Å²) in [6, 6.07) is 13.8. The van der Waals surface area contributed by atoms with Crippen molar-refractivity contribution >= 4 is 0 Å². The first-order valence-electron chi connectivity index (χ1n) is 6.55. The van der Waals surface area contributed by atoms with Gasteiger partial charge in [0.25, 0.3) is 0 Å². The van der Waals surface area contributed by atoms with Gasteiger partial charge in [-0.1, -0.05) is 30.3 Å². The highest BCUT2D eigenvalue weighted by Crippen LogP contribution is 2.25. The highest BCUT2D eigenvalue weighted by atomic mass is 16.3. The van der Waals surface area contributed by atoms with Crippen LogP contribution in [0.3, 0.4) is 0 Å². The highest BCUT2D eigenvalue weighted by Gasteiger charge is 2.11. The Morgan fingerprint density at radius 3 is 2.15 bits per heavy atom. The molecule has 0 bridgehead atoms. The number of aliphatic hydroxyl groups excluding tert-OH is 1. The molecule has 0 aliphatic carbocycles. The van der Waals surface area contributed by atoms with E-state index in [2.05, 4.69) is 5.32 Å². The van der Waals surface area contributed by atoms with Crippen molar-refractivity contribution in [3.05, 3.63) is 59.7 Å². The van der Waals surface area contributed by atoms with E-state index in [4.69, 9.17) is 0 Å². The van der Waals surface area contributed by atoms with Crippen LogP contribution in [0.2, 0.25) is 0 Å². The number of aliphatic hydroxyl groups is 1. The molecule has 0 aliphatic heterocycles. The van der Waals surface area contributed by atoms with Crippen LogP contribution in [0.5, 0.6) is 11.5 Å². The predicted octanol–water partition coefficient (Wildman–Crippen LogP) is 2.48. The van der Waals surface area contributed by atoms with Gasteiger partial charge >= 0.3 is 0 Å². The van der Waals surface area contributed by atoms with Crippen LogP contribution in [-0.4, -0.2) is 21.9 Å². The summed E-state index contributed by atoms with van der Waals surface area (Å²) in [5, 5.41) is 32.2. The number of benzene rings is 2. The second-order valence-corrected chi connectivity index (χ2v) is 4.84. The third-order valence-corrected chi connectivity index (χ3v) is 3.23. The molecule has 4 N–H and O–H groups in total. The maximum atomic E-state index is 10.1. The van der Waals surface area contributed by atoms with Crippen LogP contribution in [0.25, 0.3) is 0 Å². The second kappa shape index (κ2) is 6.41. The monoisotopic (exact) mass is 273 g/mol. The van der Waals surface area contributed by atoms with E-state index < -0.39 is 6.10 Å². The number of phenols is 2. The molecular formula is C16H19NO3. The van der Waals surface area contributed by atoms with Crippen LogP contribution < -0.4 is 5.32 Å². The van der Waals surface area contributed by atoms with Crippen molar-refractivity contribution in [3.63, 3.8) is 0 Å². The fourth-order valence-corrected chi connectivity index (χ4v) is 2.07. The zero-order valence-corrected chi connectivity index (χ0v) is 11.3. The summed E-state index contributed by atoms with van der Waals surface area (Å²) >= 11 is 0. The van der Waals surface area contributed by atoms with Crippen LogP contribution in [-0.2, 0) is 0 Å². The Morgan fingerprint density at radius 1 is 0.950 bits per heavy atom. The summed E-state index contributed by atoms with van der Waals surface area (Å²) in [5.74, 6) is 0.0505. The van der Waals surface area contributed by atoms with Crippen LogP contribution in [0.15, 0.2) is 48.5 Å². The van der Waals surface area contributed by atoms with Crippen LogP contribution in [0, 0.1) is 0 Å². The van der Waals surface area contributed by atoms with Gasteiger partial charge in [-0.3, -0.25) is 0 Å². The van der Waals surface area contributed by atoms with Gasteiger partial charge in [0.15, 0.2) is 0 Å². The molecule has 0 saturated carbocycles. The normalized spacial score (nSPS) is 13.9. The standard InChI is InChI=1S/C16H19NO3/c1-11(13-7-14(18)9-15(19)8-13)17-10-16(20)12-5-3-2-4-6-12/h2-9,11,16-20H,10H2,1H3. The fraction of sp³-hybridized carbons (Fsp3) is 0.250. The van der Waals surface area contributed by atoms with Crippen LogP contribution >= 0.6 is 0 Å². The van der Waals surface area contributed by atoms with Gasteiger partial charge < -0.3 is 20.6 Å². The molecule has 0 aromatic heterocycles. The van der Waals surface area contributed by atoms with Gasteiger partial charge in [0.05, 0.1) is 6.10 Å². The molecule has 106 valence electrons. The number of hydrogen-bond donors (Lipinski definition) is 4. The second-order valence-electron chi connectivity index (χ2n) is 4.84. The van der Waals surface area contributed by atoms with Gasteiger partial charge in [-0.25, -0.2) is 0 Å². The van der Waals surface area contributed by atoms with Crippen LogP contribution in [0.4, 0.5) is 0 Å². The van der Waals surface area contributed by atoms with Gasteiger partial charge in [0.2, 0.25) is 0 Å². The summed E-state index contributed by atoms with van der Waals surface area (Å²) < 4.78 is 0. The molecule has 0 amide bonds. The molecular weight excluding hydrogens is 254 g/mol. The van der Waals surface area contributed by atoms with Crippen molar-refractivity contribution in [2.75, 3.05) is 6.54 Å². The van der Waals surface area contributed by atoms with E-state index >= 15 is 0 Å². The van der Waals surface area contributed by atoms with E-state index in [1.807, 2.05) is 37.3 Å². The summed E-state index contributed by atoms with van der Waals surface area (Å²) in [6.07, 6.45) is -0.593. The van der Waals surface area contributed by atoms with Crippen molar-refractivity contribution in [1.29, 1.82) is 0 Å². The molecule has 0 heterocycles. The molecule has 0 spiro atoms. The lowest BCUT2D eigenvalue weighted by molar-refractivity contribution is 0.171. The Hall–Kier alpha value is -2.04. The van der Waals surface area contributed by atoms with E-state index in [1.54, 1.807) is 12.1 Å². The smallest absolute Gasteiger partial charge is 0.119 e. The zero-order chi connectivity index (χ0) is 14.5. The van der Waals surface area contributed by atoms with E-state index in [-0.39, 0.29) is 17.5 Å². The Kier molecular flexibility index (Phi) is 4.61. The van der Waals surface area contributed by atoms with E-state index in [0.29, 0.717) is 6.54 Å². The molecule has 0 saturated heterocycles. The van der Waals surface area contributed by atoms with E-state index in [0.717, 1.165) is 11.1 Å². The minimum Gasteiger partial charge on any atom is -0.508 e. The first-order chi connectivity index (χ1) is 9.56. The van der Waals surface area contributed by atoms with Gasteiger partial charge in [-0.15, -0.1) is 0 Å². The zero-order valence-electron chi connectivity index (χ0n) is 11.3. The molecule has 4 heteroatoms. The number of phenolic OH excluding ortho intramolecular Hbond substituents is 2. The quantitative estimate of drug-likeness (QED) is 0.675. The lowest BCUT2D eigenvalue weighted by atomic mass is 10.1. The first kappa shape index (κ1) is 14.4. The summed E-state index contributed by atoms with van der Waals surface area (Å²) in [7, 11) is 0. The number of nitrogens with one attached hydrogen (secondary N) is 1. The van der Waals surface area contributed by atoms with Crippen molar-refractivity contribution < 1.29 is 15.3 Å². The fourth-order valence-electron chi connectivity index (χ4n) is 2.07. The predicted molar refractivity (Wildman–Crippen MR) is 77.6 cm³/mol. The molecule has 2 aromatic carbocycles. The van der Waals surface area contributed by atoms with Crippen molar-refractivity contribution in [2.45, 2.75) is 19.1 Å². The average molecular weight is 273 g/mol. The minimum atomic E-state index is -0.593. The van der Waals surface area contributed by atoms with Gasteiger partial charge in [-0.05, 0) is 30.2 Å². The molecule has 4 nitrogen and oxygen atoms in total. The molecule has 2 aromatic rings. The molecule has 0 aliphatic rings. The summed E-state index contributed by atoms with van der Waals surface area (Å²) in [5.41, 5.74) is 1.62. The highest BCUT2D eigenvalue weighted by molar-refractivity contribution is 5.37. The molecule has 2 atom stereocenters. The van der Waals surface area contributed by atoms with Crippen molar-refractivity contribution in [3.8, 4) is 11.5 Å². The maximum absolute atomic E-state index is 10.1. The average Bonchev–Trinajstić information content (AvgIpc) is 2.44. The van der Waals surface area contributed by atoms with Crippen LogP contribution in [0.1, 0.15) is 30.2 Å². The summed E-state index contributed by atoms with van der Waals surface area (Å²) in [4.78, 5) is 0. The minimum absolute atomic E-state index is 0.0252. The summed E-state index contributed by atoms with van der Waals surface area (Å²) in [6.45, 7) is 2.30. The SMILES string of the molecule is CC(NCC(O)c1ccccc1)c1cc(O)cc(O)c1. The number of rotatable bonds is 5. The largest absolute Gasteiger partial charge is 0.508 e. The van der Waals surface area contributed by atoms with Crippen molar-refractivity contribution in [1.82, 2.24) is 5.32 Å².